The van der Waals surface area contributed by atoms with Crippen LogP contribution in [0.2, 0.25) is 0 Å². The zero-order chi connectivity index (χ0) is 17.3. The molecule has 6 nitrogen and oxygen atoms in total. The molecule has 0 saturated heterocycles. The molecule has 122 valence electrons. The summed E-state index contributed by atoms with van der Waals surface area (Å²) in [4.78, 5) is 29.3. The van der Waals surface area contributed by atoms with Gasteiger partial charge in [-0.2, -0.15) is 0 Å². The molecule has 24 heavy (non-hydrogen) atoms. The third-order valence-corrected chi connectivity index (χ3v) is 3.91. The van der Waals surface area contributed by atoms with Crippen LogP contribution in [0.25, 0.3) is 0 Å². The van der Waals surface area contributed by atoms with Gasteiger partial charge in [0.15, 0.2) is 0 Å². The molecule has 1 aliphatic heterocycles. The van der Waals surface area contributed by atoms with Gasteiger partial charge in [0.2, 0.25) is 5.91 Å². The number of hydrogen-bond donors (Lipinski definition) is 0. The molecule has 0 unspecified atom stereocenters. The Morgan fingerprint density at radius 1 is 1.17 bits per heavy atom. The van der Waals surface area contributed by atoms with E-state index in [0.717, 1.165) is 5.56 Å². The second kappa shape index (κ2) is 6.23. The van der Waals surface area contributed by atoms with Crippen LogP contribution in [0.15, 0.2) is 53.5 Å². The van der Waals surface area contributed by atoms with E-state index in [4.69, 9.17) is 0 Å². The van der Waals surface area contributed by atoms with Crippen LogP contribution >= 0.6 is 0 Å². The first-order chi connectivity index (χ1) is 11.5. The van der Waals surface area contributed by atoms with Crippen LogP contribution in [0.5, 0.6) is 0 Å². The Morgan fingerprint density at radius 3 is 2.50 bits per heavy atom. The number of nitro groups is 1. The van der Waals surface area contributed by atoms with E-state index in [9.17, 15) is 14.9 Å². The van der Waals surface area contributed by atoms with Gasteiger partial charge >= 0.3 is 0 Å². The van der Waals surface area contributed by atoms with Gasteiger partial charge in [-0.15, -0.1) is 0 Å². The highest BCUT2D eigenvalue weighted by atomic mass is 16.6. The van der Waals surface area contributed by atoms with Gasteiger partial charge in [0.25, 0.3) is 5.69 Å². The number of anilines is 1. The van der Waals surface area contributed by atoms with Crippen molar-refractivity contribution in [3.8, 4) is 0 Å². The van der Waals surface area contributed by atoms with Crippen LogP contribution in [0, 0.1) is 10.1 Å². The van der Waals surface area contributed by atoms with Gasteiger partial charge in [-0.25, -0.2) is 0 Å². The van der Waals surface area contributed by atoms with Crippen molar-refractivity contribution in [2.75, 3.05) is 11.4 Å². The van der Waals surface area contributed by atoms with Gasteiger partial charge in [0.05, 0.1) is 16.3 Å². The van der Waals surface area contributed by atoms with Crippen LogP contribution in [0.1, 0.15) is 25.0 Å². The smallest absolute Gasteiger partial charge is 0.270 e. The Kier molecular flexibility index (Phi) is 4.12. The maximum absolute atomic E-state index is 12.5. The molecule has 0 saturated carbocycles. The fourth-order valence-electron chi connectivity index (χ4n) is 2.89. The molecular formula is C18H17N3O3. The van der Waals surface area contributed by atoms with Gasteiger partial charge in [-0.05, 0) is 19.9 Å². The summed E-state index contributed by atoms with van der Waals surface area (Å²) in [5, 5.41) is 11.2. The topological polar surface area (TPSA) is 75.8 Å². The van der Waals surface area contributed by atoms with Crippen molar-refractivity contribution in [2.24, 2.45) is 4.99 Å². The van der Waals surface area contributed by atoms with E-state index in [1.54, 1.807) is 11.0 Å². The lowest BCUT2D eigenvalue weighted by atomic mass is 9.99. The fraction of sp³-hybridized carbons (Fsp3) is 0.222. The summed E-state index contributed by atoms with van der Waals surface area (Å²) in [7, 11) is 0. The second-order valence-electron chi connectivity index (χ2n) is 5.85. The largest absolute Gasteiger partial charge is 0.308 e. The number of carbonyl (C=O) groups is 1. The van der Waals surface area contributed by atoms with E-state index < -0.39 is 4.92 Å². The number of fused-ring (bicyclic) bond motifs is 1. The Morgan fingerprint density at radius 2 is 1.88 bits per heavy atom. The minimum atomic E-state index is -0.435. The lowest BCUT2D eigenvalue weighted by Crippen LogP contribution is -2.38. The SMILES string of the molecule is CC(C)N1C(=O)CN=C(c2ccccc2)c2cc([N+](=O)[O-])ccc21. The van der Waals surface area contributed by atoms with Crippen molar-refractivity contribution in [1.29, 1.82) is 0 Å². The molecule has 0 aromatic heterocycles. The molecule has 0 bridgehead atoms. The molecule has 0 radical (unpaired) electrons. The lowest BCUT2D eigenvalue weighted by molar-refractivity contribution is -0.384. The Bertz CT molecular complexity index is 829. The molecule has 3 rings (SSSR count). The molecular weight excluding hydrogens is 306 g/mol. The number of nitrogens with zero attached hydrogens (tertiary/aromatic N) is 3. The zero-order valence-corrected chi connectivity index (χ0v) is 13.5. The normalized spacial score (nSPS) is 14.2. The van der Waals surface area contributed by atoms with E-state index in [1.165, 1.54) is 12.1 Å². The highest BCUT2D eigenvalue weighted by molar-refractivity contribution is 6.19. The molecule has 0 aliphatic carbocycles. The summed E-state index contributed by atoms with van der Waals surface area (Å²) >= 11 is 0. The summed E-state index contributed by atoms with van der Waals surface area (Å²) in [6.07, 6.45) is 0. The van der Waals surface area contributed by atoms with Gasteiger partial charge in [-0.3, -0.25) is 19.9 Å². The lowest BCUT2D eigenvalue weighted by Gasteiger charge is -2.26. The number of rotatable bonds is 3. The molecule has 1 heterocycles. The number of aliphatic imine (C=N–C) groups is 1. The minimum Gasteiger partial charge on any atom is -0.308 e. The first-order valence-electron chi connectivity index (χ1n) is 7.70. The summed E-state index contributed by atoms with van der Waals surface area (Å²) in [6, 6.07) is 13.9. The number of carbonyl (C=O) groups excluding carboxylic acids is 1. The van der Waals surface area contributed by atoms with Crippen molar-refractivity contribution in [2.45, 2.75) is 19.9 Å². The monoisotopic (exact) mass is 323 g/mol. The fourth-order valence-corrected chi connectivity index (χ4v) is 2.89. The Balaban J connectivity index is 2.26. The van der Waals surface area contributed by atoms with E-state index in [0.29, 0.717) is 17.0 Å². The first-order valence-corrected chi connectivity index (χ1v) is 7.70. The molecule has 6 heteroatoms. The average Bonchev–Trinajstić information content (AvgIpc) is 2.71. The Labute approximate surface area is 139 Å². The van der Waals surface area contributed by atoms with Crippen LogP contribution < -0.4 is 4.90 Å². The van der Waals surface area contributed by atoms with Gasteiger partial charge in [0.1, 0.15) is 6.54 Å². The van der Waals surface area contributed by atoms with Gasteiger partial charge in [0, 0.05) is 29.3 Å². The highest BCUT2D eigenvalue weighted by Crippen LogP contribution is 2.31. The van der Waals surface area contributed by atoms with Crippen molar-refractivity contribution in [3.05, 3.63) is 69.8 Å². The Hall–Kier alpha value is -3.02. The molecule has 0 fully saturated rings. The van der Waals surface area contributed by atoms with E-state index >= 15 is 0 Å². The van der Waals surface area contributed by atoms with Crippen LogP contribution in [0.3, 0.4) is 0 Å². The predicted molar refractivity (Wildman–Crippen MR) is 92.7 cm³/mol. The van der Waals surface area contributed by atoms with Crippen LogP contribution in [0.4, 0.5) is 11.4 Å². The number of nitro benzene ring substituents is 1. The molecule has 0 spiro atoms. The maximum atomic E-state index is 12.5. The molecule has 0 N–H and O–H groups in total. The highest BCUT2D eigenvalue weighted by Gasteiger charge is 2.28. The predicted octanol–water partition coefficient (Wildman–Crippen LogP) is 3.19. The third-order valence-electron chi connectivity index (χ3n) is 3.91. The number of hydrogen-bond acceptors (Lipinski definition) is 4. The minimum absolute atomic E-state index is 0.0181. The first kappa shape index (κ1) is 15.9. The van der Waals surface area contributed by atoms with E-state index in [-0.39, 0.29) is 24.2 Å². The maximum Gasteiger partial charge on any atom is 0.270 e. The molecule has 2 aromatic carbocycles. The third kappa shape index (κ3) is 2.78. The number of benzodiazepines with no additional fused rings is 1. The van der Waals surface area contributed by atoms with E-state index in [2.05, 4.69) is 4.99 Å². The zero-order valence-electron chi connectivity index (χ0n) is 13.5. The summed E-state index contributed by atoms with van der Waals surface area (Å²) in [5.41, 5.74) is 2.68. The van der Waals surface area contributed by atoms with Gasteiger partial charge < -0.3 is 4.90 Å². The van der Waals surface area contributed by atoms with E-state index in [1.807, 2.05) is 44.2 Å². The van der Waals surface area contributed by atoms with Crippen molar-refractivity contribution in [3.63, 3.8) is 0 Å². The average molecular weight is 323 g/mol. The number of benzene rings is 2. The number of amides is 1. The van der Waals surface area contributed by atoms with Gasteiger partial charge in [-0.1, -0.05) is 30.3 Å². The molecule has 0 atom stereocenters. The number of non-ortho nitro benzene ring substituents is 1. The summed E-state index contributed by atoms with van der Waals surface area (Å²) in [6.45, 7) is 3.85. The van der Waals surface area contributed by atoms with Crippen LogP contribution in [-0.4, -0.2) is 29.1 Å². The summed E-state index contributed by atoms with van der Waals surface area (Å²) < 4.78 is 0. The second-order valence-corrected chi connectivity index (χ2v) is 5.85. The van der Waals surface area contributed by atoms with Crippen molar-refractivity contribution >= 4 is 23.0 Å². The molecule has 1 aliphatic rings. The van der Waals surface area contributed by atoms with Crippen molar-refractivity contribution < 1.29 is 9.72 Å². The van der Waals surface area contributed by atoms with Crippen LogP contribution in [-0.2, 0) is 4.79 Å². The van der Waals surface area contributed by atoms with Crippen molar-refractivity contribution in [1.82, 2.24) is 0 Å². The summed E-state index contributed by atoms with van der Waals surface area (Å²) in [5.74, 6) is -0.119. The molecule has 1 amide bonds. The standard InChI is InChI=1S/C18H17N3O3/c1-12(2)20-16-9-8-14(21(23)24)10-15(16)18(19-11-17(20)22)13-6-4-3-5-7-13/h3-10,12H,11H2,1-2H3. The molecule has 2 aromatic rings. The quantitative estimate of drug-likeness (QED) is 0.643.